The van der Waals surface area contributed by atoms with E-state index in [9.17, 15) is 5.11 Å². The zero-order chi connectivity index (χ0) is 15.4. The number of piperidine rings is 1. The van der Waals surface area contributed by atoms with Crippen molar-refractivity contribution in [1.29, 1.82) is 0 Å². The second-order valence-corrected chi connectivity index (χ2v) is 6.62. The van der Waals surface area contributed by atoms with Gasteiger partial charge in [-0.15, -0.1) is 0 Å². The normalized spacial score (nSPS) is 24.8. The summed E-state index contributed by atoms with van der Waals surface area (Å²) in [5.74, 6) is 2.46. The third-order valence-corrected chi connectivity index (χ3v) is 4.21. The van der Waals surface area contributed by atoms with Crippen molar-refractivity contribution in [2.45, 2.75) is 46.8 Å². The van der Waals surface area contributed by atoms with Gasteiger partial charge in [0, 0.05) is 25.2 Å². The molecule has 3 heteroatoms. The van der Waals surface area contributed by atoms with Gasteiger partial charge in [-0.1, -0.05) is 19.9 Å². The van der Waals surface area contributed by atoms with Crippen LogP contribution in [0.25, 0.3) is 0 Å². The molecular formula is C18H29NO2. The summed E-state index contributed by atoms with van der Waals surface area (Å²) in [5, 5.41) is 9.80. The monoisotopic (exact) mass is 291 g/mol. The zero-order valence-corrected chi connectivity index (χ0v) is 13.8. The number of nitrogens with zero attached hydrogens (tertiary/aromatic N) is 1. The van der Waals surface area contributed by atoms with E-state index >= 15 is 0 Å². The summed E-state index contributed by atoms with van der Waals surface area (Å²) in [6.45, 7) is 12.4. The van der Waals surface area contributed by atoms with E-state index in [2.05, 4.69) is 24.8 Å². The first-order valence-corrected chi connectivity index (χ1v) is 8.15. The molecular weight excluding hydrogens is 262 g/mol. The SMILES string of the molecule is CCOc1ccc(C(C)O)cc1CN1CC(C)CC(C)C1. The second-order valence-electron chi connectivity index (χ2n) is 6.62. The highest BCUT2D eigenvalue weighted by Crippen LogP contribution is 2.28. The Morgan fingerprint density at radius 3 is 2.52 bits per heavy atom. The maximum Gasteiger partial charge on any atom is 0.123 e. The van der Waals surface area contributed by atoms with Crippen molar-refractivity contribution in [2.24, 2.45) is 11.8 Å². The molecule has 0 aliphatic carbocycles. The van der Waals surface area contributed by atoms with Gasteiger partial charge in [0.25, 0.3) is 0 Å². The fourth-order valence-electron chi connectivity index (χ4n) is 3.44. The van der Waals surface area contributed by atoms with Crippen LogP contribution in [0.15, 0.2) is 18.2 Å². The number of aliphatic hydroxyl groups excluding tert-OH is 1. The van der Waals surface area contributed by atoms with E-state index in [1.165, 1.54) is 12.0 Å². The van der Waals surface area contributed by atoms with Crippen molar-refractivity contribution in [3.63, 3.8) is 0 Å². The molecule has 0 spiro atoms. The largest absolute Gasteiger partial charge is 0.494 e. The lowest BCUT2D eigenvalue weighted by atomic mass is 9.91. The Hall–Kier alpha value is -1.06. The highest BCUT2D eigenvalue weighted by atomic mass is 16.5. The molecule has 0 radical (unpaired) electrons. The lowest BCUT2D eigenvalue weighted by Gasteiger charge is -2.35. The van der Waals surface area contributed by atoms with E-state index < -0.39 is 6.10 Å². The Morgan fingerprint density at radius 2 is 1.95 bits per heavy atom. The third kappa shape index (κ3) is 4.45. The third-order valence-electron chi connectivity index (χ3n) is 4.21. The zero-order valence-electron chi connectivity index (χ0n) is 13.8. The van der Waals surface area contributed by atoms with Gasteiger partial charge in [-0.25, -0.2) is 0 Å². The second kappa shape index (κ2) is 7.28. The molecule has 1 aliphatic heterocycles. The van der Waals surface area contributed by atoms with Crippen LogP contribution in [-0.4, -0.2) is 29.7 Å². The van der Waals surface area contributed by atoms with Crippen LogP contribution in [0.2, 0.25) is 0 Å². The molecule has 1 aromatic rings. The van der Waals surface area contributed by atoms with Crippen LogP contribution in [0, 0.1) is 11.8 Å². The molecule has 1 heterocycles. The van der Waals surface area contributed by atoms with Gasteiger partial charge in [0.1, 0.15) is 5.75 Å². The van der Waals surface area contributed by atoms with Crippen LogP contribution < -0.4 is 4.74 Å². The van der Waals surface area contributed by atoms with Gasteiger partial charge < -0.3 is 9.84 Å². The van der Waals surface area contributed by atoms with E-state index in [4.69, 9.17) is 4.74 Å². The highest BCUT2D eigenvalue weighted by Gasteiger charge is 2.22. The topological polar surface area (TPSA) is 32.7 Å². The lowest BCUT2D eigenvalue weighted by molar-refractivity contribution is 0.132. The molecule has 3 unspecified atom stereocenters. The average molecular weight is 291 g/mol. The number of benzene rings is 1. The van der Waals surface area contributed by atoms with Crippen molar-refractivity contribution in [1.82, 2.24) is 4.90 Å². The first kappa shape index (κ1) is 16.3. The summed E-state index contributed by atoms with van der Waals surface area (Å²) in [6, 6.07) is 6.05. The molecule has 0 amide bonds. The van der Waals surface area contributed by atoms with Crippen molar-refractivity contribution >= 4 is 0 Å². The molecule has 3 nitrogen and oxygen atoms in total. The van der Waals surface area contributed by atoms with E-state index in [0.29, 0.717) is 6.61 Å². The smallest absolute Gasteiger partial charge is 0.123 e. The van der Waals surface area contributed by atoms with E-state index in [1.807, 2.05) is 26.0 Å². The first-order chi connectivity index (χ1) is 9.99. The number of ether oxygens (including phenoxy) is 1. The maximum atomic E-state index is 9.80. The summed E-state index contributed by atoms with van der Waals surface area (Å²) in [6.07, 6.45) is 0.890. The van der Waals surface area contributed by atoms with Crippen molar-refractivity contribution in [3.8, 4) is 5.75 Å². The highest BCUT2D eigenvalue weighted by molar-refractivity contribution is 5.38. The predicted molar refractivity (Wildman–Crippen MR) is 86.5 cm³/mol. The minimum Gasteiger partial charge on any atom is -0.494 e. The van der Waals surface area contributed by atoms with E-state index in [0.717, 1.165) is 42.8 Å². The fraction of sp³-hybridized carbons (Fsp3) is 0.667. The standard InChI is InChI=1S/C18H29NO2/c1-5-21-18-7-6-16(15(4)20)9-17(18)12-19-10-13(2)8-14(3)11-19/h6-7,9,13-15,20H,5,8,10-12H2,1-4H3. The molecule has 0 bridgehead atoms. The molecule has 1 saturated heterocycles. The Balaban J connectivity index is 2.17. The van der Waals surface area contributed by atoms with Crippen molar-refractivity contribution in [3.05, 3.63) is 29.3 Å². The van der Waals surface area contributed by atoms with Crippen molar-refractivity contribution in [2.75, 3.05) is 19.7 Å². The summed E-state index contributed by atoms with van der Waals surface area (Å²) in [5.41, 5.74) is 2.16. The molecule has 0 aromatic heterocycles. The van der Waals surface area contributed by atoms with E-state index in [1.54, 1.807) is 0 Å². The van der Waals surface area contributed by atoms with Gasteiger partial charge in [-0.05, 0) is 49.8 Å². The van der Waals surface area contributed by atoms with Gasteiger partial charge in [0.2, 0.25) is 0 Å². The van der Waals surface area contributed by atoms with Crippen LogP contribution in [0.5, 0.6) is 5.75 Å². The summed E-state index contributed by atoms with van der Waals surface area (Å²) >= 11 is 0. The first-order valence-electron chi connectivity index (χ1n) is 8.15. The fourth-order valence-corrected chi connectivity index (χ4v) is 3.44. The molecule has 2 rings (SSSR count). The summed E-state index contributed by atoms with van der Waals surface area (Å²) in [7, 11) is 0. The van der Waals surface area contributed by atoms with E-state index in [-0.39, 0.29) is 0 Å². The number of aliphatic hydroxyl groups is 1. The van der Waals surface area contributed by atoms with Crippen molar-refractivity contribution < 1.29 is 9.84 Å². The van der Waals surface area contributed by atoms with Gasteiger partial charge in [-0.3, -0.25) is 4.90 Å². The maximum absolute atomic E-state index is 9.80. The Kier molecular flexibility index (Phi) is 5.65. The van der Waals surface area contributed by atoms with Crippen LogP contribution in [0.4, 0.5) is 0 Å². The Labute approximate surface area is 128 Å². The molecule has 1 aromatic carbocycles. The van der Waals surface area contributed by atoms with Gasteiger partial charge >= 0.3 is 0 Å². The summed E-state index contributed by atoms with van der Waals surface area (Å²) < 4.78 is 5.76. The number of rotatable bonds is 5. The molecule has 3 atom stereocenters. The average Bonchev–Trinajstić information content (AvgIpc) is 2.39. The lowest BCUT2D eigenvalue weighted by Crippen LogP contribution is -2.38. The minimum absolute atomic E-state index is 0.432. The minimum atomic E-state index is -0.432. The molecule has 1 N–H and O–H groups in total. The molecule has 0 saturated carbocycles. The Morgan fingerprint density at radius 1 is 1.29 bits per heavy atom. The van der Waals surface area contributed by atoms with Gasteiger partial charge in [-0.2, -0.15) is 0 Å². The quantitative estimate of drug-likeness (QED) is 0.899. The molecule has 1 aliphatic rings. The molecule has 21 heavy (non-hydrogen) atoms. The van der Waals surface area contributed by atoms with Crippen LogP contribution in [0.3, 0.4) is 0 Å². The Bertz CT molecular complexity index is 449. The van der Waals surface area contributed by atoms with Crippen LogP contribution in [-0.2, 0) is 6.54 Å². The van der Waals surface area contributed by atoms with Gasteiger partial charge in [0.05, 0.1) is 12.7 Å². The number of hydrogen-bond acceptors (Lipinski definition) is 3. The number of hydrogen-bond donors (Lipinski definition) is 1. The summed E-state index contributed by atoms with van der Waals surface area (Å²) in [4.78, 5) is 2.52. The van der Waals surface area contributed by atoms with Crippen LogP contribution in [0.1, 0.15) is 51.3 Å². The van der Waals surface area contributed by atoms with Gasteiger partial charge in [0.15, 0.2) is 0 Å². The number of likely N-dealkylation sites (tertiary alicyclic amines) is 1. The molecule has 118 valence electrons. The molecule has 1 fully saturated rings. The predicted octanol–water partition coefficient (Wildman–Crippen LogP) is 3.62. The van der Waals surface area contributed by atoms with Crippen LogP contribution >= 0.6 is 0 Å².